The molecule has 0 bridgehead atoms. The smallest absolute Gasteiger partial charge is 0.494 e. The predicted molar refractivity (Wildman–Crippen MR) is 115 cm³/mol. The highest BCUT2D eigenvalue weighted by Crippen LogP contribution is 2.36. The fourth-order valence-corrected chi connectivity index (χ4v) is 3.12. The Morgan fingerprint density at radius 3 is 2.23 bits per heavy atom. The fraction of sp³-hybridized carbons (Fsp3) is 0.409. The molecule has 0 aromatic heterocycles. The van der Waals surface area contributed by atoms with Crippen LogP contribution in [-0.2, 0) is 31.9 Å². The van der Waals surface area contributed by atoms with E-state index in [4.69, 9.17) is 18.8 Å². The Labute approximate surface area is 181 Å². The van der Waals surface area contributed by atoms with Gasteiger partial charge in [0, 0.05) is 17.7 Å². The SMILES string of the molecule is COc1cc(B2OC(C)(C)C(C)(C)O2)ccc1COC(=O)Cc1ccc([N+](=O)[O-])cc1. The van der Waals surface area contributed by atoms with E-state index in [1.165, 1.54) is 12.1 Å². The Morgan fingerprint density at radius 1 is 1.06 bits per heavy atom. The monoisotopic (exact) mass is 427 g/mol. The number of hydrogen-bond donors (Lipinski definition) is 0. The molecule has 0 aliphatic carbocycles. The van der Waals surface area contributed by atoms with Gasteiger partial charge in [0.2, 0.25) is 0 Å². The highest BCUT2D eigenvalue weighted by molar-refractivity contribution is 6.62. The van der Waals surface area contributed by atoms with Crippen LogP contribution in [0.3, 0.4) is 0 Å². The molecule has 0 saturated carbocycles. The average Bonchev–Trinajstić information content (AvgIpc) is 2.93. The van der Waals surface area contributed by atoms with Crippen LogP contribution in [0.2, 0.25) is 0 Å². The Bertz CT molecular complexity index is 956. The standard InChI is InChI=1S/C22H26BNO7/c1-21(2)22(3,4)31-23(30-21)17-9-8-16(19(13-17)28-5)14-29-20(25)12-15-6-10-18(11-7-15)24(26)27/h6-11,13H,12,14H2,1-5H3. The minimum absolute atomic E-state index is 0.0202. The van der Waals surface area contributed by atoms with E-state index >= 15 is 0 Å². The van der Waals surface area contributed by atoms with Gasteiger partial charge in [-0.1, -0.05) is 24.3 Å². The first-order valence-corrected chi connectivity index (χ1v) is 9.94. The maximum absolute atomic E-state index is 12.2. The number of carbonyl (C=O) groups is 1. The Morgan fingerprint density at radius 2 is 1.68 bits per heavy atom. The van der Waals surface area contributed by atoms with Crippen molar-refractivity contribution in [2.45, 2.75) is 51.9 Å². The molecule has 0 N–H and O–H groups in total. The fourth-order valence-electron chi connectivity index (χ4n) is 3.12. The van der Waals surface area contributed by atoms with E-state index in [9.17, 15) is 14.9 Å². The Balaban J connectivity index is 1.63. The maximum atomic E-state index is 12.2. The van der Waals surface area contributed by atoms with Gasteiger partial charge in [-0.2, -0.15) is 0 Å². The zero-order valence-electron chi connectivity index (χ0n) is 18.3. The molecule has 31 heavy (non-hydrogen) atoms. The number of hydrogen-bond acceptors (Lipinski definition) is 7. The third-order valence-corrected chi connectivity index (χ3v) is 5.72. The zero-order chi connectivity index (χ0) is 22.8. The zero-order valence-corrected chi connectivity index (χ0v) is 18.3. The van der Waals surface area contributed by atoms with Gasteiger partial charge in [0.1, 0.15) is 12.4 Å². The summed E-state index contributed by atoms with van der Waals surface area (Å²) in [4.78, 5) is 22.4. The number of benzene rings is 2. The molecule has 0 unspecified atom stereocenters. The first-order valence-electron chi connectivity index (χ1n) is 9.94. The first kappa shape index (κ1) is 22.8. The molecular weight excluding hydrogens is 401 g/mol. The maximum Gasteiger partial charge on any atom is 0.494 e. The van der Waals surface area contributed by atoms with Crippen LogP contribution in [0.1, 0.15) is 38.8 Å². The van der Waals surface area contributed by atoms with Crippen LogP contribution in [0.4, 0.5) is 5.69 Å². The summed E-state index contributed by atoms with van der Waals surface area (Å²) in [7, 11) is 1.03. The van der Waals surface area contributed by atoms with E-state index in [0.29, 0.717) is 16.9 Å². The molecule has 164 valence electrons. The summed E-state index contributed by atoms with van der Waals surface area (Å²) in [6.07, 6.45) is 0.0202. The molecule has 1 saturated heterocycles. The van der Waals surface area contributed by atoms with Crippen molar-refractivity contribution in [3.05, 3.63) is 63.7 Å². The molecule has 0 atom stereocenters. The van der Waals surface area contributed by atoms with Gasteiger partial charge in [0.25, 0.3) is 5.69 Å². The lowest BCUT2D eigenvalue weighted by Gasteiger charge is -2.32. The predicted octanol–water partition coefficient (Wildman–Crippen LogP) is 3.19. The molecule has 2 aromatic rings. The second-order valence-electron chi connectivity index (χ2n) is 8.42. The minimum Gasteiger partial charge on any atom is -0.496 e. The number of non-ortho nitro benzene ring substituents is 1. The largest absolute Gasteiger partial charge is 0.496 e. The summed E-state index contributed by atoms with van der Waals surface area (Å²) in [6.45, 7) is 8.00. The van der Waals surface area contributed by atoms with Crippen molar-refractivity contribution in [2.75, 3.05) is 7.11 Å². The molecule has 8 nitrogen and oxygen atoms in total. The molecule has 1 fully saturated rings. The number of nitro benzene ring substituents is 1. The van der Waals surface area contributed by atoms with Crippen molar-refractivity contribution in [1.82, 2.24) is 0 Å². The molecular formula is C22H26BNO7. The van der Waals surface area contributed by atoms with Crippen molar-refractivity contribution in [3.8, 4) is 5.75 Å². The molecule has 0 radical (unpaired) electrons. The van der Waals surface area contributed by atoms with E-state index in [1.54, 1.807) is 19.2 Å². The summed E-state index contributed by atoms with van der Waals surface area (Å²) in [5, 5.41) is 10.7. The lowest BCUT2D eigenvalue weighted by Crippen LogP contribution is -2.41. The van der Waals surface area contributed by atoms with Crippen molar-refractivity contribution in [1.29, 1.82) is 0 Å². The van der Waals surface area contributed by atoms with Crippen LogP contribution in [0.25, 0.3) is 0 Å². The van der Waals surface area contributed by atoms with Crippen molar-refractivity contribution >= 4 is 24.2 Å². The molecule has 9 heteroatoms. The van der Waals surface area contributed by atoms with Crippen LogP contribution in [0.15, 0.2) is 42.5 Å². The molecule has 3 rings (SSSR count). The van der Waals surface area contributed by atoms with Gasteiger partial charge in [-0.15, -0.1) is 0 Å². The number of esters is 1. The van der Waals surface area contributed by atoms with Gasteiger partial charge < -0.3 is 18.8 Å². The van der Waals surface area contributed by atoms with E-state index in [2.05, 4.69) is 0 Å². The highest BCUT2D eigenvalue weighted by atomic mass is 16.7. The highest BCUT2D eigenvalue weighted by Gasteiger charge is 2.51. The van der Waals surface area contributed by atoms with Gasteiger partial charge in [-0.25, -0.2) is 0 Å². The Kier molecular flexibility index (Phi) is 6.38. The van der Waals surface area contributed by atoms with Crippen LogP contribution in [-0.4, -0.2) is 36.3 Å². The van der Waals surface area contributed by atoms with E-state index in [0.717, 1.165) is 5.46 Å². The van der Waals surface area contributed by atoms with E-state index in [-0.39, 0.29) is 18.7 Å². The number of methoxy groups -OCH3 is 1. The van der Waals surface area contributed by atoms with E-state index in [1.807, 2.05) is 45.9 Å². The first-order chi connectivity index (χ1) is 14.5. The molecule has 1 heterocycles. The van der Waals surface area contributed by atoms with E-state index < -0.39 is 29.2 Å². The molecule has 2 aromatic carbocycles. The molecule has 1 aliphatic rings. The quantitative estimate of drug-likeness (QED) is 0.290. The van der Waals surface area contributed by atoms with Gasteiger partial charge >= 0.3 is 13.1 Å². The third-order valence-electron chi connectivity index (χ3n) is 5.72. The van der Waals surface area contributed by atoms with Crippen LogP contribution >= 0.6 is 0 Å². The summed E-state index contributed by atoms with van der Waals surface area (Å²) in [5.74, 6) is 0.126. The number of rotatable bonds is 7. The van der Waals surface area contributed by atoms with Crippen LogP contribution in [0.5, 0.6) is 5.75 Å². The molecule has 1 aliphatic heterocycles. The lowest BCUT2D eigenvalue weighted by atomic mass is 9.78. The van der Waals surface area contributed by atoms with Crippen molar-refractivity contribution in [3.63, 3.8) is 0 Å². The average molecular weight is 427 g/mol. The van der Waals surface area contributed by atoms with Crippen LogP contribution in [0, 0.1) is 10.1 Å². The molecule has 0 spiro atoms. The van der Waals surface area contributed by atoms with Gasteiger partial charge in [-0.05, 0) is 44.8 Å². The second kappa shape index (κ2) is 8.68. The normalized spacial score (nSPS) is 16.7. The van der Waals surface area contributed by atoms with Crippen molar-refractivity contribution in [2.24, 2.45) is 0 Å². The third kappa shape index (κ3) is 5.06. The summed E-state index contributed by atoms with van der Waals surface area (Å²) < 4.78 is 23.0. The van der Waals surface area contributed by atoms with Crippen molar-refractivity contribution < 1.29 is 28.5 Å². The minimum atomic E-state index is -0.516. The summed E-state index contributed by atoms with van der Waals surface area (Å²) >= 11 is 0. The Hall–Kier alpha value is -2.91. The van der Waals surface area contributed by atoms with Gasteiger partial charge in [0.15, 0.2) is 0 Å². The summed E-state index contributed by atoms with van der Waals surface area (Å²) in [5.41, 5.74) is 1.24. The summed E-state index contributed by atoms with van der Waals surface area (Å²) in [6, 6.07) is 11.3. The number of ether oxygens (including phenoxy) is 2. The topological polar surface area (TPSA) is 97.1 Å². The number of nitro groups is 1. The molecule has 0 amide bonds. The second-order valence-corrected chi connectivity index (χ2v) is 8.42. The van der Waals surface area contributed by atoms with Gasteiger partial charge in [-0.3, -0.25) is 14.9 Å². The van der Waals surface area contributed by atoms with Gasteiger partial charge in [0.05, 0.1) is 29.7 Å². The number of carbonyl (C=O) groups excluding carboxylic acids is 1. The van der Waals surface area contributed by atoms with Crippen LogP contribution < -0.4 is 10.2 Å². The number of nitrogens with zero attached hydrogens (tertiary/aromatic N) is 1. The lowest BCUT2D eigenvalue weighted by molar-refractivity contribution is -0.384.